The summed E-state index contributed by atoms with van der Waals surface area (Å²) in [6.45, 7) is 4.46. The molecule has 5 nitrogen and oxygen atoms in total. The van der Waals surface area contributed by atoms with Gasteiger partial charge < -0.3 is 15.1 Å². The van der Waals surface area contributed by atoms with E-state index in [2.05, 4.69) is 5.32 Å². The highest BCUT2D eigenvalue weighted by Gasteiger charge is 2.23. The Labute approximate surface area is 137 Å². The molecule has 1 atom stereocenters. The van der Waals surface area contributed by atoms with E-state index in [1.54, 1.807) is 0 Å². The van der Waals surface area contributed by atoms with Crippen molar-refractivity contribution in [3.05, 3.63) is 24.3 Å². The van der Waals surface area contributed by atoms with Gasteiger partial charge in [0.1, 0.15) is 6.04 Å². The van der Waals surface area contributed by atoms with Crippen LogP contribution in [0.4, 0.5) is 11.4 Å². The Morgan fingerprint density at radius 2 is 1.74 bits per heavy atom. The van der Waals surface area contributed by atoms with E-state index in [1.807, 2.05) is 41.0 Å². The summed E-state index contributed by atoms with van der Waals surface area (Å²) in [5.41, 5.74) is 1.85. The molecular formula is C18H25N3O2. The lowest BCUT2D eigenvalue weighted by molar-refractivity contribution is -0.132. The number of carbonyl (C=O) groups is 2. The van der Waals surface area contributed by atoms with E-state index in [0.717, 1.165) is 50.3 Å². The number of amides is 2. The number of piperidine rings is 1. The van der Waals surface area contributed by atoms with Crippen molar-refractivity contribution in [1.82, 2.24) is 4.90 Å². The van der Waals surface area contributed by atoms with Crippen molar-refractivity contribution in [3.8, 4) is 0 Å². The van der Waals surface area contributed by atoms with E-state index in [-0.39, 0.29) is 17.9 Å². The number of rotatable bonds is 4. The van der Waals surface area contributed by atoms with Crippen molar-refractivity contribution in [2.45, 2.75) is 45.1 Å². The summed E-state index contributed by atoms with van der Waals surface area (Å²) in [6.07, 6.45) is 5.01. The number of hydrogen-bond donors (Lipinski definition) is 1. The van der Waals surface area contributed by atoms with E-state index in [4.69, 9.17) is 0 Å². The van der Waals surface area contributed by atoms with Gasteiger partial charge in [-0.1, -0.05) is 0 Å². The second-order valence-electron chi connectivity index (χ2n) is 6.45. The molecule has 1 aromatic rings. The second kappa shape index (κ2) is 7.02. The Bertz CT molecular complexity index is 564. The summed E-state index contributed by atoms with van der Waals surface area (Å²) >= 11 is 0. The molecule has 2 aliphatic rings. The van der Waals surface area contributed by atoms with Gasteiger partial charge >= 0.3 is 0 Å². The Balaban J connectivity index is 1.59. The maximum Gasteiger partial charge on any atom is 0.244 e. The summed E-state index contributed by atoms with van der Waals surface area (Å²) < 4.78 is 0. The third-order valence-corrected chi connectivity index (χ3v) is 4.67. The molecule has 0 spiro atoms. The van der Waals surface area contributed by atoms with Crippen LogP contribution in [0.2, 0.25) is 0 Å². The highest BCUT2D eigenvalue weighted by Crippen LogP contribution is 2.23. The molecule has 5 heteroatoms. The molecule has 1 unspecified atom stereocenters. The van der Waals surface area contributed by atoms with Crippen LogP contribution in [0, 0.1) is 0 Å². The Morgan fingerprint density at radius 1 is 1.04 bits per heavy atom. The molecule has 0 aromatic heterocycles. The lowest BCUT2D eigenvalue weighted by atomic mass is 10.1. The number of nitrogens with one attached hydrogen (secondary N) is 1. The smallest absolute Gasteiger partial charge is 0.244 e. The minimum Gasteiger partial charge on any atom is -0.374 e. The first-order valence-electron chi connectivity index (χ1n) is 8.61. The summed E-state index contributed by atoms with van der Waals surface area (Å²) in [7, 11) is 0. The second-order valence-corrected chi connectivity index (χ2v) is 6.45. The van der Waals surface area contributed by atoms with Gasteiger partial charge in [0.25, 0.3) is 0 Å². The molecule has 2 heterocycles. The fourth-order valence-electron chi connectivity index (χ4n) is 3.36. The monoisotopic (exact) mass is 315 g/mol. The predicted octanol–water partition coefficient (Wildman–Crippen LogP) is 2.63. The average molecular weight is 315 g/mol. The maximum absolute atomic E-state index is 12.4. The maximum atomic E-state index is 12.4. The Hall–Kier alpha value is -2.04. The van der Waals surface area contributed by atoms with Gasteiger partial charge in [0.2, 0.25) is 11.8 Å². The van der Waals surface area contributed by atoms with Gasteiger partial charge in [-0.25, -0.2) is 0 Å². The van der Waals surface area contributed by atoms with Gasteiger partial charge in [0, 0.05) is 37.4 Å². The summed E-state index contributed by atoms with van der Waals surface area (Å²) in [4.78, 5) is 28.0. The number of hydrogen-bond acceptors (Lipinski definition) is 3. The van der Waals surface area contributed by atoms with Crippen molar-refractivity contribution >= 4 is 23.2 Å². The van der Waals surface area contributed by atoms with Crippen LogP contribution in [-0.2, 0) is 9.59 Å². The van der Waals surface area contributed by atoms with Crippen molar-refractivity contribution in [2.75, 3.05) is 29.9 Å². The van der Waals surface area contributed by atoms with Gasteiger partial charge in [0.15, 0.2) is 0 Å². The van der Waals surface area contributed by atoms with Crippen LogP contribution in [0.5, 0.6) is 0 Å². The van der Waals surface area contributed by atoms with E-state index >= 15 is 0 Å². The van der Waals surface area contributed by atoms with E-state index in [0.29, 0.717) is 6.42 Å². The average Bonchev–Trinajstić information content (AvgIpc) is 3.01. The van der Waals surface area contributed by atoms with Gasteiger partial charge in [-0.05, 0) is 56.9 Å². The molecule has 0 bridgehead atoms. The quantitative estimate of drug-likeness (QED) is 0.929. The highest BCUT2D eigenvalue weighted by molar-refractivity contribution is 5.95. The van der Waals surface area contributed by atoms with Crippen LogP contribution in [0.1, 0.15) is 39.0 Å². The molecule has 0 saturated carbocycles. The Kier molecular flexibility index (Phi) is 4.84. The molecule has 2 fully saturated rings. The molecule has 2 saturated heterocycles. The normalized spacial score (nSPS) is 19.8. The number of nitrogens with zero attached hydrogens (tertiary/aromatic N) is 2. The minimum absolute atomic E-state index is 0.170. The zero-order valence-electron chi connectivity index (χ0n) is 13.8. The van der Waals surface area contributed by atoms with Crippen LogP contribution in [-0.4, -0.2) is 42.4 Å². The van der Waals surface area contributed by atoms with E-state index < -0.39 is 0 Å². The summed E-state index contributed by atoms with van der Waals surface area (Å²) in [5.74, 6) is 0.364. The number of carbonyl (C=O) groups excluding carboxylic acids is 2. The van der Waals surface area contributed by atoms with Gasteiger partial charge in [-0.3, -0.25) is 9.59 Å². The molecule has 1 N–H and O–H groups in total. The molecule has 23 heavy (non-hydrogen) atoms. The number of benzene rings is 1. The molecule has 3 rings (SSSR count). The Morgan fingerprint density at radius 3 is 2.35 bits per heavy atom. The third-order valence-electron chi connectivity index (χ3n) is 4.67. The highest BCUT2D eigenvalue weighted by atomic mass is 16.2. The van der Waals surface area contributed by atoms with E-state index in [9.17, 15) is 9.59 Å². The van der Waals surface area contributed by atoms with Crippen molar-refractivity contribution < 1.29 is 9.59 Å². The van der Waals surface area contributed by atoms with Gasteiger partial charge in [0.05, 0.1) is 0 Å². The number of anilines is 2. The standard InChI is InChI=1S/C18H25N3O2/c1-14(18(23)20-11-3-2-4-12-20)19-15-7-9-16(10-8-15)21-13-5-6-17(21)22/h7-10,14,19H,2-6,11-13H2,1H3. The van der Waals surface area contributed by atoms with Crippen LogP contribution in [0.25, 0.3) is 0 Å². The molecule has 124 valence electrons. The third kappa shape index (κ3) is 3.66. The van der Waals surface area contributed by atoms with Crippen LogP contribution in [0.15, 0.2) is 24.3 Å². The van der Waals surface area contributed by atoms with Crippen molar-refractivity contribution in [3.63, 3.8) is 0 Å². The van der Waals surface area contributed by atoms with Crippen LogP contribution >= 0.6 is 0 Å². The molecular weight excluding hydrogens is 290 g/mol. The van der Waals surface area contributed by atoms with Gasteiger partial charge in [-0.15, -0.1) is 0 Å². The molecule has 2 amide bonds. The SMILES string of the molecule is CC(Nc1ccc(N2CCCC2=O)cc1)C(=O)N1CCCCC1. The summed E-state index contributed by atoms with van der Waals surface area (Å²) in [5, 5.41) is 3.27. The lowest BCUT2D eigenvalue weighted by Crippen LogP contribution is -2.43. The molecule has 0 aliphatic carbocycles. The van der Waals surface area contributed by atoms with Crippen molar-refractivity contribution in [2.24, 2.45) is 0 Å². The van der Waals surface area contributed by atoms with E-state index in [1.165, 1.54) is 6.42 Å². The fourth-order valence-corrected chi connectivity index (χ4v) is 3.36. The zero-order valence-corrected chi connectivity index (χ0v) is 13.8. The summed E-state index contributed by atoms with van der Waals surface area (Å²) in [6, 6.07) is 7.56. The fraction of sp³-hybridized carbons (Fsp3) is 0.556. The molecule has 0 radical (unpaired) electrons. The molecule has 2 aliphatic heterocycles. The largest absolute Gasteiger partial charge is 0.374 e. The first kappa shape index (κ1) is 15.8. The topological polar surface area (TPSA) is 52.7 Å². The van der Waals surface area contributed by atoms with Gasteiger partial charge in [-0.2, -0.15) is 0 Å². The number of likely N-dealkylation sites (tertiary alicyclic amines) is 1. The van der Waals surface area contributed by atoms with Crippen molar-refractivity contribution in [1.29, 1.82) is 0 Å². The molecule has 1 aromatic carbocycles. The lowest BCUT2D eigenvalue weighted by Gasteiger charge is -2.29. The first-order valence-corrected chi connectivity index (χ1v) is 8.61. The predicted molar refractivity (Wildman–Crippen MR) is 91.5 cm³/mol. The minimum atomic E-state index is -0.229. The first-order chi connectivity index (χ1) is 11.1. The van der Waals surface area contributed by atoms with Crippen LogP contribution < -0.4 is 10.2 Å². The van der Waals surface area contributed by atoms with Crippen LogP contribution in [0.3, 0.4) is 0 Å². The zero-order chi connectivity index (χ0) is 16.2.